The molecule has 0 aliphatic carbocycles. The summed E-state index contributed by atoms with van der Waals surface area (Å²) in [6.07, 6.45) is 7.50. The number of aromatic hydroxyl groups is 1. The fourth-order valence-electron chi connectivity index (χ4n) is 4.68. The summed E-state index contributed by atoms with van der Waals surface area (Å²) >= 11 is 0. The van der Waals surface area contributed by atoms with Gasteiger partial charge in [0.1, 0.15) is 11.6 Å². The number of phenolic OH excluding ortho intramolecular Hbond substituents is 1. The molecule has 1 amide bonds. The third kappa shape index (κ3) is 5.85. The number of rotatable bonds is 9. The lowest BCUT2D eigenvalue weighted by atomic mass is 9.71. The molecule has 3 rings (SSSR count). The van der Waals surface area contributed by atoms with E-state index in [0.29, 0.717) is 23.9 Å². The van der Waals surface area contributed by atoms with Crippen LogP contribution in [0.3, 0.4) is 0 Å². The maximum atomic E-state index is 12.4. The van der Waals surface area contributed by atoms with Crippen LogP contribution in [0, 0.1) is 11.8 Å². The molecule has 2 heterocycles. The van der Waals surface area contributed by atoms with Crippen LogP contribution in [0.4, 0.5) is 0 Å². The van der Waals surface area contributed by atoms with Crippen LogP contribution in [0.25, 0.3) is 0 Å². The molecular formula is C26H38N4O2. The molecule has 1 unspecified atom stereocenters. The summed E-state index contributed by atoms with van der Waals surface area (Å²) in [7, 11) is 0. The molecule has 1 aromatic heterocycles. The van der Waals surface area contributed by atoms with Gasteiger partial charge in [-0.3, -0.25) is 4.79 Å². The first kappa shape index (κ1) is 24.2. The molecule has 2 N–H and O–H groups in total. The molecule has 0 spiro atoms. The second kappa shape index (κ2) is 10.9. The highest BCUT2D eigenvalue weighted by atomic mass is 16.3. The Bertz CT molecular complexity index is 874. The third-order valence-electron chi connectivity index (χ3n) is 6.47. The van der Waals surface area contributed by atoms with Gasteiger partial charge in [-0.1, -0.05) is 46.2 Å². The Kier molecular flexibility index (Phi) is 8.24. The molecule has 6 heteroatoms. The number of carbonyl (C=O) groups excluding carboxylic acids is 1. The van der Waals surface area contributed by atoms with E-state index in [0.717, 1.165) is 43.9 Å². The van der Waals surface area contributed by atoms with Crippen molar-refractivity contribution < 1.29 is 9.90 Å². The summed E-state index contributed by atoms with van der Waals surface area (Å²) in [5, 5.41) is 13.1. The third-order valence-corrected chi connectivity index (χ3v) is 6.47. The normalized spacial score (nSPS) is 17.3. The van der Waals surface area contributed by atoms with Crippen molar-refractivity contribution in [2.45, 2.75) is 58.8 Å². The maximum absolute atomic E-state index is 12.4. The predicted octanol–water partition coefficient (Wildman–Crippen LogP) is 4.39. The van der Waals surface area contributed by atoms with Gasteiger partial charge in [0.15, 0.2) is 0 Å². The molecule has 2 aromatic rings. The number of aromatic nitrogens is 2. The summed E-state index contributed by atoms with van der Waals surface area (Å²) in [6.45, 7) is 12.4. The van der Waals surface area contributed by atoms with E-state index in [2.05, 4.69) is 53.9 Å². The fraction of sp³-hybridized carbons (Fsp3) is 0.577. The van der Waals surface area contributed by atoms with Crippen LogP contribution in [0.15, 0.2) is 36.7 Å². The predicted molar refractivity (Wildman–Crippen MR) is 128 cm³/mol. The van der Waals surface area contributed by atoms with Crippen molar-refractivity contribution >= 4 is 5.91 Å². The van der Waals surface area contributed by atoms with Gasteiger partial charge in [-0.05, 0) is 61.9 Å². The summed E-state index contributed by atoms with van der Waals surface area (Å²) in [4.78, 5) is 24.3. The molecule has 0 saturated carbocycles. The summed E-state index contributed by atoms with van der Waals surface area (Å²) < 4.78 is 0. The number of piperidine rings is 1. The first-order chi connectivity index (χ1) is 15.3. The van der Waals surface area contributed by atoms with Gasteiger partial charge in [-0.2, -0.15) is 0 Å². The quantitative estimate of drug-likeness (QED) is 0.607. The van der Waals surface area contributed by atoms with Crippen molar-refractivity contribution in [3.63, 3.8) is 0 Å². The molecule has 1 aromatic carbocycles. The molecule has 0 radical (unpaired) electrons. The standard InChI is InChI=1S/C26H38N4O2/c1-5-7-20(4)18-30-12-10-26(11-13-30,22-8-6-9-23(31)14-22)25-28-16-21(17-29-25)24(32)27-15-19(2)3/h6,8-9,14,16-17,19-20,31H,5,7,10-13,15,18H2,1-4H3,(H,27,32). The highest BCUT2D eigenvalue weighted by molar-refractivity contribution is 5.93. The monoisotopic (exact) mass is 438 g/mol. The zero-order valence-electron chi connectivity index (χ0n) is 20.0. The number of amides is 1. The Balaban J connectivity index is 1.83. The number of nitrogens with one attached hydrogen (secondary N) is 1. The summed E-state index contributed by atoms with van der Waals surface area (Å²) in [6, 6.07) is 7.47. The molecule has 1 aliphatic rings. The number of benzene rings is 1. The van der Waals surface area contributed by atoms with E-state index in [4.69, 9.17) is 0 Å². The smallest absolute Gasteiger partial charge is 0.254 e. The molecule has 1 saturated heterocycles. The van der Waals surface area contributed by atoms with Crippen molar-refractivity contribution in [3.05, 3.63) is 53.6 Å². The minimum atomic E-state index is -0.365. The van der Waals surface area contributed by atoms with E-state index < -0.39 is 0 Å². The first-order valence-electron chi connectivity index (χ1n) is 12.0. The minimum absolute atomic E-state index is 0.142. The summed E-state index contributed by atoms with van der Waals surface area (Å²) in [5.41, 5.74) is 1.15. The average molecular weight is 439 g/mol. The number of likely N-dealkylation sites (tertiary alicyclic amines) is 1. The number of nitrogens with zero attached hydrogens (tertiary/aromatic N) is 3. The second-order valence-electron chi connectivity index (χ2n) is 9.73. The van der Waals surface area contributed by atoms with Gasteiger partial charge in [0.25, 0.3) is 5.91 Å². The molecular weight excluding hydrogens is 400 g/mol. The van der Waals surface area contributed by atoms with Crippen LogP contribution in [0.1, 0.15) is 75.1 Å². The van der Waals surface area contributed by atoms with Crippen LogP contribution in [-0.2, 0) is 5.41 Å². The van der Waals surface area contributed by atoms with Gasteiger partial charge in [-0.25, -0.2) is 9.97 Å². The van der Waals surface area contributed by atoms with Gasteiger partial charge in [0, 0.05) is 25.5 Å². The molecule has 32 heavy (non-hydrogen) atoms. The fourth-order valence-corrected chi connectivity index (χ4v) is 4.68. The Morgan fingerprint density at radius 2 is 1.88 bits per heavy atom. The molecule has 1 fully saturated rings. The largest absolute Gasteiger partial charge is 0.508 e. The molecule has 174 valence electrons. The van der Waals surface area contributed by atoms with E-state index in [1.54, 1.807) is 18.5 Å². The molecule has 6 nitrogen and oxygen atoms in total. The van der Waals surface area contributed by atoms with Gasteiger partial charge >= 0.3 is 0 Å². The number of hydrogen-bond donors (Lipinski definition) is 2. The zero-order valence-corrected chi connectivity index (χ0v) is 20.0. The van der Waals surface area contributed by atoms with Crippen molar-refractivity contribution in [3.8, 4) is 5.75 Å². The number of phenols is 1. The van der Waals surface area contributed by atoms with E-state index in [-0.39, 0.29) is 17.1 Å². The van der Waals surface area contributed by atoms with Crippen LogP contribution in [-0.4, -0.2) is 52.1 Å². The number of carbonyl (C=O) groups is 1. The minimum Gasteiger partial charge on any atom is -0.508 e. The Hall–Kier alpha value is -2.47. The Morgan fingerprint density at radius 1 is 1.19 bits per heavy atom. The highest BCUT2D eigenvalue weighted by Crippen LogP contribution is 2.41. The van der Waals surface area contributed by atoms with Crippen LogP contribution in [0.5, 0.6) is 5.75 Å². The average Bonchev–Trinajstić information content (AvgIpc) is 2.78. The van der Waals surface area contributed by atoms with E-state index in [9.17, 15) is 9.90 Å². The zero-order chi connectivity index (χ0) is 23.1. The Morgan fingerprint density at radius 3 is 2.47 bits per heavy atom. The van der Waals surface area contributed by atoms with Gasteiger partial charge < -0.3 is 15.3 Å². The lowest BCUT2D eigenvalue weighted by molar-refractivity contribution is 0.0948. The second-order valence-corrected chi connectivity index (χ2v) is 9.73. The van der Waals surface area contributed by atoms with E-state index in [1.165, 1.54) is 12.8 Å². The van der Waals surface area contributed by atoms with Gasteiger partial charge in [0.05, 0.1) is 11.0 Å². The van der Waals surface area contributed by atoms with Crippen molar-refractivity contribution in [2.75, 3.05) is 26.2 Å². The van der Waals surface area contributed by atoms with Crippen molar-refractivity contribution in [2.24, 2.45) is 11.8 Å². The van der Waals surface area contributed by atoms with Crippen molar-refractivity contribution in [1.82, 2.24) is 20.2 Å². The van der Waals surface area contributed by atoms with Gasteiger partial charge in [-0.15, -0.1) is 0 Å². The SMILES string of the molecule is CCCC(C)CN1CCC(c2cccc(O)c2)(c2ncc(C(=O)NCC(C)C)cn2)CC1. The maximum Gasteiger partial charge on any atom is 0.254 e. The highest BCUT2D eigenvalue weighted by Gasteiger charge is 2.40. The lowest BCUT2D eigenvalue weighted by Gasteiger charge is -2.42. The Labute approximate surface area is 192 Å². The van der Waals surface area contributed by atoms with Crippen LogP contribution < -0.4 is 5.32 Å². The van der Waals surface area contributed by atoms with Crippen LogP contribution >= 0.6 is 0 Å². The van der Waals surface area contributed by atoms with Crippen LogP contribution in [0.2, 0.25) is 0 Å². The lowest BCUT2D eigenvalue weighted by Crippen LogP contribution is -2.45. The number of hydrogen-bond acceptors (Lipinski definition) is 5. The molecule has 1 atom stereocenters. The summed E-state index contributed by atoms with van der Waals surface area (Å²) in [5.74, 6) is 1.92. The van der Waals surface area contributed by atoms with E-state index in [1.807, 2.05) is 12.1 Å². The van der Waals surface area contributed by atoms with Gasteiger partial charge in [0.2, 0.25) is 0 Å². The molecule has 0 bridgehead atoms. The van der Waals surface area contributed by atoms with Crippen molar-refractivity contribution in [1.29, 1.82) is 0 Å². The topological polar surface area (TPSA) is 78.3 Å². The van der Waals surface area contributed by atoms with E-state index >= 15 is 0 Å². The first-order valence-corrected chi connectivity index (χ1v) is 12.0. The molecule has 1 aliphatic heterocycles.